The molecule has 0 bridgehead atoms. The Bertz CT molecular complexity index is 863. The third kappa shape index (κ3) is 3.16. The van der Waals surface area contributed by atoms with Crippen LogP contribution in [-0.2, 0) is 11.2 Å². The van der Waals surface area contributed by atoms with Crippen LogP contribution in [0, 0.1) is 5.82 Å². The molecular weight excluding hydrogens is 333 g/mol. The maximum Gasteiger partial charge on any atom is 0.328 e. The molecule has 1 heterocycles. The first-order valence-electron chi connectivity index (χ1n) is 7.26. The van der Waals surface area contributed by atoms with Crippen molar-refractivity contribution in [1.29, 1.82) is 0 Å². The van der Waals surface area contributed by atoms with E-state index < -0.39 is 11.8 Å². The number of fused-ring (bicyclic) bond motifs is 1. The van der Waals surface area contributed by atoms with Gasteiger partial charge in [-0.3, -0.25) is 4.79 Å². The number of aliphatic carboxylic acids is 1. The first kappa shape index (κ1) is 16.2. The molecule has 4 nitrogen and oxygen atoms in total. The quantitative estimate of drug-likeness (QED) is 0.861. The summed E-state index contributed by atoms with van der Waals surface area (Å²) in [5.41, 5.74) is 2.40. The number of carboxylic acid groups (broad SMARTS) is 1. The maximum atomic E-state index is 13.5. The number of hydrogen-bond acceptors (Lipinski definition) is 2. The average molecular weight is 346 g/mol. The lowest BCUT2D eigenvalue weighted by Gasteiger charge is -2.29. The van der Waals surface area contributed by atoms with Crippen LogP contribution in [-0.4, -0.2) is 23.5 Å². The molecule has 1 aliphatic rings. The molecular formula is C18H13ClFNO3. The molecule has 0 fully saturated rings. The van der Waals surface area contributed by atoms with Crippen molar-refractivity contribution in [2.75, 3.05) is 11.4 Å². The number of anilines is 1. The van der Waals surface area contributed by atoms with Crippen LogP contribution in [0.3, 0.4) is 0 Å². The molecule has 0 spiro atoms. The fourth-order valence-electron chi connectivity index (χ4n) is 2.70. The number of rotatable bonds is 3. The fourth-order valence-corrected chi connectivity index (χ4v) is 2.92. The normalized spacial score (nSPS) is 14.1. The Labute approximate surface area is 142 Å². The zero-order valence-electron chi connectivity index (χ0n) is 12.5. The molecule has 0 saturated heterocycles. The summed E-state index contributed by atoms with van der Waals surface area (Å²) >= 11 is 6.09. The number of amides is 1. The number of carboxylic acids is 1. The highest BCUT2D eigenvalue weighted by Crippen LogP contribution is 2.31. The number of carbonyl (C=O) groups is 2. The molecule has 3 rings (SSSR count). The smallest absolute Gasteiger partial charge is 0.328 e. The van der Waals surface area contributed by atoms with E-state index in [-0.39, 0.29) is 5.91 Å². The monoisotopic (exact) mass is 345 g/mol. The Balaban J connectivity index is 1.93. The predicted molar refractivity (Wildman–Crippen MR) is 89.9 cm³/mol. The van der Waals surface area contributed by atoms with Crippen molar-refractivity contribution in [2.24, 2.45) is 0 Å². The van der Waals surface area contributed by atoms with E-state index in [2.05, 4.69) is 0 Å². The first-order chi connectivity index (χ1) is 11.5. The molecule has 0 atom stereocenters. The van der Waals surface area contributed by atoms with Crippen LogP contribution in [0.5, 0.6) is 0 Å². The van der Waals surface area contributed by atoms with E-state index in [9.17, 15) is 14.0 Å². The van der Waals surface area contributed by atoms with Gasteiger partial charge in [-0.1, -0.05) is 23.7 Å². The Morgan fingerprint density at radius 3 is 2.79 bits per heavy atom. The molecule has 122 valence electrons. The topological polar surface area (TPSA) is 57.6 Å². The van der Waals surface area contributed by atoms with E-state index in [1.807, 2.05) is 0 Å². The summed E-state index contributed by atoms with van der Waals surface area (Å²) < 4.78 is 13.5. The van der Waals surface area contributed by atoms with Crippen molar-refractivity contribution in [1.82, 2.24) is 0 Å². The van der Waals surface area contributed by atoms with Crippen LogP contribution in [0.15, 0.2) is 42.5 Å². The fraction of sp³-hybridized carbons (Fsp3) is 0.111. The zero-order valence-corrected chi connectivity index (χ0v) is 13.3. The lowest BCUT2D eigenvalue weighted by Crippen LogP contribution is -2.37. The first-order valence-corrected chi connectivity index (χ1v) is 7.64. The van der Waals surface area contributed by atoms with Crippen LogP contribution in [0.1, 0.15) is 21.5 Å². The van der Waals surface area contributed by atoms with Gasteiger partial charge in [-0.25, -0.2) is 9.18 Å². The minimum absolute atomic E-state index is 0.252. The molecule has 2 aromatic rings. The van der Waals surface area contributed by atoms with Crippen molar-refractivity contribution < 1.29 is 19.1 Å². The summed E-state index contributed by atoms with van der Waals surface area (Å²) in [7, 11) is 0. The van der Waals surface area contributed by atoms with Crippen LogP contribution >= 0.6 is 11.6 Å². The number of hydrogen-bond donors (Lipinski definition) is 1. The van der Waals surface area contributed by atoms with Gasteiger partial charge < -0.3 is 10.0 Å². The van der Waals surface area contributed by atoms with Crippen molar-refractivity contribution in [2.45, 2.75) is 6.42 Å². The largest absolute Gasteiger partial charge is 0.478 e. The van der Waals surface area contributed by atoms with Gasteiger partial charge in [0.15, 0.2) is 0 Å². The summed E-state index contributed by atoms with van der Waals surface area (Å²) in [6.07, 6.45) is 3.09. The van der Waals surface area contributed by atoms with Crippen LogP contribution < -0.4 is 4.90 Å². The number of halogens is 2. The summed E-state index contributed by atoms with van der Waals surface area (Å²) in [6.45, 7) is 0.376. The standard InChI is InChI=1S/C18H13ClFNO3/c19-15-5-3-13(20)10-16(15)21-8-7-12-9-11(2-6-17(22)23)1-4-14(12)18(21)24/h1-6,9-10H,7-8H2,(H,22,23)/b6-2+. The van der Waals surface area contributed by atoms with E-state index in [1.165, 1.54) is 29.2 Å². The average Bonchev–Trinajstić information content (AvgIpc) is 2.56. The molecule has 2 aromatic carbocycles. The maximum absolute atomic E-state index is 13.5. The highest BCUT2D eigenvalue weighted by Gasteiger charge is 2.27. The number of carbonyl (C=O) groups excluding carboxylic acids is 1. The van der Waals surface area contributed by atoms with Gasteiger partial charge >= 0.3 is 5.97 Å². The van der Waals surface area contributed by atoms with Crippen LogP contribution in [0.25, 0.3) is 6.08 Å². The Morgan fingerprint density at radius 1 is 1.25 bits per heavy atom. The van der Waals surface area contributed by atoms with Crippen LogP contribution in [0.4, 0.5) is 10.1 Å². The predicted octanol–water partition coefficient (Wildman–Crippen LogP) is 3.78. The van der Waals surface area contributed by atoms with Gasteiger partial charge in [0.1, 0.15) is 5.82 Å². The third-order valence-corrected chi connectivity index (χ3v) is 4.15. The molecule has 24 heavy (non-hydrogen) atoms. The zero-order chi connectivity index (χ0) is 17.3. The molecule has 0 saturated carbocycles. The SMILES string of the molecule is O=C(O)/C=C/c1ccc2c(c1)CCN(c1cc(F)ccc1Cl)C2=O. The van der Waals surface area contributed by atoms with Gasteiger partial charge in [0.05, 0.1) is 10.7 Å². The van der Waals surface area contributed by atoms with E-state index >= 15 is 0 Å². The van der Waals surface area contributed by atoms with Gasteiger partial charge in [0, 0.05) is 18.2 Å². The second kappa shape index (κ2) is 6.45. The van der Waals surface area contributed by atoms with Gasteiger partial charge in [-0.05, 0) is 47.9 Å². The molecule has 1 amide bonds. The van der Waals surface area contributed by atoms with Crippen molar-refractivity contribution in [3.05, 3.63) is 70.0 Å². The second-order valence-corrected chi connectivity index (χ2v) is 5.80. The van der Waals surface area contributed by atoms with Gasteiger partial charge in [0.25, 0.3) is 5.91 Å². The van der Waals surface area contributed by atoms with Crippen molar-refractivity contribution in [3.63, 3.8) is 0 Å². The third-order valence-electron chi connectivity index (χ3n) is 3.83. The number of benzene rings is 2. The summed E-state index contributed by atoms with van der Waals surface area (Å²) in [5, 5.41) is 8.99. The van der Waals surface area contributed by atoms with Crippen LogP contribution in [0.2, 0.25) is 5.02 Å². The molecule has 6 heteroatoms. The number of nitrogens with zero attached hydrogens (tertiary/aromatic N) is 1. The molecule has 1 N–H and O–H groups in total. The van der Waals surface area contributed by atoms with E-state index in [0.717, 1.165) is 11.6 Å². The van der Waals surface area contributed by atoms with Crippen molar-refractivity contribution >= 4 is 35.2 Å². The molecule has 1 aliphatic heterocycles. The minimum atomic E-state index is -1.03. The van der Waals surface area contributed by atoms with E-state index in [1.54, 1.807) is 18.2 Å². The molecule has 0 aliphatic carbocycles. The van der Waals surface area contributed by atoms with Gasteiger partial charge in [-0.15, -0.1) is 0 Å². The second-order valence-electron chi connectivity index (χ2n) is 5.39. The van der Waals surface area contributed by atoms with E-state index in [4.69, 9.17) is 16.7 Å². The summed E-state index contributed by atoms with van der Waals surface area (Å²) in [4.78, 5) is 24.7. The van der Waals surface area contributed by atoms with Crippen molar-refractivity contribution in [3.8, 4) is 0 Å². The molecule has 0 radical (unpaired) electrons. The minimum Gasteiger partial charge on any atom is -0.478 e. The Morgan fingerprint density at radius 2 is 2.04 bits per heavy atom. The molecule has 0 aromatic heterocycles. The summed E-state index contributed by atoms with van der Waals surface area (Å²) in [6, 6.07) is 9.03. The lowest BCUT2D eigenvalue weighted by molar-refractivity contribution is -0.131. The Hall–Kier alpha value is -2.66. The van der Waals surface area contributed by atoms with Gasteiger partial charge in [-0.2, -0.15) is 0 Å². The van der Waals surface area contributed by atoms with Gasteiger partial charge in [0.2, 0.25) is 0 Å². The highest BCUT2D eigenvalue weighted by atomic mass is 35.5. The van der Waals surface area contributed by atoms with E-state index in [0.29, 0.717) is 34.8 Å². The lowest BCUT2D eigenvalue weighted by atomic mass is 9.96. The Kier molecular flexibility index (Phi) is 4.36. The summed E-state index contributed by atoms with van der Waals surface area (Å²) in [5.74, 6) is -1.74. The highest BCUT2D eigenvalue weighted by molar-refractivity contribution is 6.34. The molecule has 0 unspecified atom stereocenters.